The second-order valence-corrected chi connectivity index (χ2v) is 5.25. The standard InChI is InChI=1S/C18H17NO5/c1-13(11-12-24-18(21)15-5-3-2-4-6-15)17(20)14-7-9-16(10-8-14)19(22)23/h2-13,17,20H,1H3/b12-11+/t13-,17-/m0/s1. The Morgan fingerprint density at radius 2 is 1.79 bits per heavy atom. The molecular weight excluding hydrogens is 310 g/mol. The fourth-order valence-corrected chi connectivity index (χ4v) is 2.07. The number of esters is 1. The molecule has 24 heavy (non-hydrogen) atoms. The quantitative estimate of drug-likeness (QED) is 0.379. The molecule has 2 aromatic rings. The molecule has 0 bridgehead atoms. The third kappa shape index (κ3) is 4.50. The Hall–Kier alpha value is -2.99. The number of nitro benzene ring substituents is 1. The molecule has 2 atom stereocenters. The van der Waals surface area contributed by atoms with Gasteiger partial charge in [0.05, 0.1) is 22.9 Å². The van der Waals surface area contributed by atoms with E-state index in [1.165, 1.54) is 30.5 Å². The van der Waals surface area contributed by atoms with Crippen LogP contribution in [0.1, 0.15) is 28.9 Å². The zero-order valence-electron chi connectivity index (χ0n) is 13.0. The number of hydrogen-bond acceptors (Lipinski definition) is 5. The van der Waals surface area contributed by atoms with Crippen LogP contribution in [0.25, 0.3) is 0 Å². The molecule has 0 aliphatic heterocycles. The van der Waals surface area contributed by atoms with E-state index in [0.29, 0.717) is 11.1 Å². The number of hydrogen-bond donors (Lipinski definition) is 1. The molecule has 2 aromatic carbocycles. The van der Waals surface area contributed by atoms with Crippen molar-refractivity contribution in [1.82, 2.24) is 0 Å². The zero-order valence-corrected chi connectivity index (χ0v) is 13.0. The highest BCUT2D eigenvalue weighted by Crippen LogP contribution is 2.24. The minimum atomic E-state index is -0.863. The molecule has 1 N–H and O–H groups in total. The van der Waals surface area contributed by atoms with E-state index in [0.717, 1.165) is 0 Å². The van der Waals surface area contributed by atoms with Gasteiger partial charge >= 0.3 is 5.97 Å². The molecular formula is C18H17NO5. The van der Waals surface area contributed by atoms with E-state index in [2.05, 4.69) is 0 Å². The number of carbonyl (C=O) groups is 1. The molecule has 124 valence electrons. The number of aliphatic hydroxyl groups excluding tert-OH is 1. The molecule has 0 spiro atoms. The van der Waals surface area contributed by atoms with Crippen molar-refractivity contribution >= 4 is 11.7 Å². The Morgan fingerprint density at radius 1 is 1.17 bits per heavy atom. The summed E-state index contributed by atoms with van der Waals surface area (Å²) in [6.07, 6.45) is 1.94. The first kappa shape index (κ1) is 17.4. The lowest BCUT2D eigenvalue weighted by molar-refractivity contribution is -0.384. The molecule has 0 aliphatic carbocycles. The Balaban J connectivity index is 1.94. The van der Waals surface area contributed by atoms with Crippen LogP contribution in [0.3, 0.4) is 0 Å². The number of nitrogens with zero attached hydrogens (tertiary/aromatic N) is 1. The maximum absolute atomic E-state index is 11.8. The van der Waals surface area contributed by atoms with Gasteiger partial charge in [-0.05, 0) is 35.9 Å². The summed E-state index contributed by atoms with van der Waals surface area (Å²) in [4.78, 5) is 21.9. The predicted molar refractivity (Wildman–Crippen MR) is 88.2 cm³/mol. The Kier molecular flexibility index (Phi) is 5.81. The molecule has 0 heterocycles. The van der Waals surface area contributed by atoms with E-state index in [-0.39, 0.29) is 11.6 Å². The summed E-state index contributed by atoms with van der Waals surface area (Å²) in [6.45, 7) is 1.75. The number of nitro groups is 1. The minimum Gasteiger partial charge on any atom is -0.431 e. The smallest absolute Gasteiger partial charge is 0.342 e. The molecule has 0 aromatic heterocycles. The van der Waals surface area contributed by atoms with Crippen molar-refractivity contribution in [1.29, 1.82) is 0 Å². The lowest BCUT2D eigenvalue weighted by Crippen LogP contribution is -2.07. The van der Waals surface area contributed by atoms with E-state index < -0.39 is 17.0 Å². The van der Waals surface area contributed by atoms with Crippen LogP contribution in [-0.4, -0.2) is 16.0 Å². The van der Waals surface area contributed by atoms with Gasteiger partial charge in [-0.15, -0.1) is 0 Å². The molecule has 0 saturated carbocycles. The van der Waals surface area contributed by atoms with E-state index >= 15 is 0 Å². The molecule has 0 unspecified atom stereocenters. The van der Waals surface area contributed by atoms with Crippen molar-refractivity contribution in [3.8, 4) is 0 Å². The first-order valence-corrected chi connectivity index (χ1v) is 7.34. The average molecular weight is 327 g/mol. The fourth-order valence-electron chi connectivity index (χ4n) is 2.07. The van der Waals surface area contributed by atoms with E-state index in [1.54, 1.807) is 43.3 Å². The van der Waals surface area contributed by atoms with Crippen molar-refractivity contribution in [2.45, 2.75) is 13.0 Å². The van der Waals surface area contributed by atoms with Crippen molar-refractivity contribution < 1.29 is 19.6 Å². The van der Waals surface area contributed by atoms with Crippen LogP contribution in [0.2, 0.25) is 0 Å². The van der Waals surface area contributed by atoms with Crippen molar-refractivity contribution in [2.24, 2.45) is 5.92 Å². The van der Waals surface area contributed by atoms with Crippen molar-refractivity contribution in [3.63, 3.8) is 0 Å². The summed E-state index contributed by atoms with van der Waals surface area (Å²) in [5.74, 6) is -0.820. The van der Waals surface area contributed by atoms with Crippen LogP contribution in [0.4, 0.5) is 5.69 Å². The summed E-state index contributed by atoms with van der Waals surface area (Å²) in [7, 11) is 0. The average Bonchev–Trinajstić information content (AvgIpc) is 2.61. The molecule has 2 rings (SSSR count). The number of ether oxygens (including phenoxy) is 1. The topological polar surface area (TPSA) is 89.7 Å². The van der Waals surface area contributed by atoms with Gasteiger partial charge in [-0.2, -0.15) is 0 Å². The van der Waals surface area contributed by atoms with Gasteiger partial charge in [0.1, 0.15) is 0 Å². The van der Waals surface area contributed by atoms with Gasteiger partial charge in [-0.1, -0.05) is 25.1 Å². The number of rotatable bonds is 6. The summed E-state index contributed by atoms with van der Waals surface area (Å²) in [5.41, 5.74) is 0.948. The number of non-ortho nitro benzene ring substituents is 1. The third-order valence-corrected chi connectivity index (χ3v) is 3.51. The molecule has 0 fully saturated rings. The van der Waals surface area contributed by atoms with Crippen molar-refractivity contribution in [2.75, 3.05) is 0 Å². The summed E-state index contributed by atoms with van der Waals surface area (Å²) >= 11 is 0. The van der Waals surface area contributed by atoms with Crippen LogP contribution in [0.15, 0.2) is 66.9 Å². The van der Waals surface area contributed by atoms with Gasteiger partial charge in [0, 0.05) is 18.1 Å². The van der Waals surface area contributed by atoms with Crippen molar-refractivity contribution in [3.05, 3.63) is 88.2 Å². The normalized spacial score (nSPS) is 13.4. The number of carbonyl (C=O) groups excluding carboxylic acids is 1. The minimum absolute atomic E-state index is 0.0362. The van der Waals surface area contributed by atoms with E-state index in [4.69, 9.17) is 4.74 Å². The molecule has 0 saturated heterocycles. The monoisotopic (exact) mass is 327 g/mol. The lowest BCUT2D eigenvalue weighted by atomic mass is 9.97. The van der Waals surface area contributed by atoms with Crippen LogP contribution in [-0.2, 0) is 4.74 Å². The highest BCUT2D eigenvalue weighted by molar-refractivity contribution is 5.89. The first-order chi connectivity index (χ1) is 11.5. The van der Waals surface area contributed by atoms with Crippen LogP contribution in [0, 0.1) is 16.0 Å². The molecule has 6 nitrogen and oxygen atoms in total. The van der Waals surface area contributed by atoms with Gasteiger partial charge in [-0.3, -0.25) is 10.1 Å². The molecule has 0 aliphatic rings. The van der Waals surface area contributed by atoms with Crippen LogP contribution >= 0.6 is 0 Å². The highest BCUT2D eigenvalue weighted by Gasteiger charge is 2.15. The summed E-state index contributed by atoms with van der Waals surface area (Å²) in [6, 6.07) is 14.2. The molecule has 0 amide bonds. The summed E-state index contributed by atoms with van der Waals surface area (Å²) < 4.78 is 5.02. The number of benzene rings is 2. The molecule has 6 heteroatoms. The first-order valence-electron chi connectivity index (χ1n) is 7.34. The summed E-state index contributed by atoms with van der Waals surface area (Å²) in [5, 5.41) is 20.9. The van der Waals surface area contributed by atoms with Gasteiger partial charge in [0.2, 0.25) is 0 Å². The molecule has 0 radical (unpaired) electrons. The second kappa shape index (κ2) is 8.03. The second-order valence-electron chi connectivity index (χ2n) is 5.25. The van der Waals surface area contributed by atoms with Gasteiger partial charge in [-0.25, -0.2) is 4.79 Å². The maximum Gasteiger partial charge on any atom is 0.342 e. The van der Waals surface area contributed by atoms with Crippen LogP contribution < -0.4 is 0 Å². The zero-order chi connectivity index (χ0) is 17.5. The van der Waals surface area contributed by atoms with E-state index in [9.17, 15) is 20.0 Å². The number of aliphatic hydroxyl groups is 1. The Bertz CT molecular complexity index is 725. The fraction of sp³-hybridized carbons (Fsp3) is 0.167. The van der Waals surface area contributed by atoms with Gasteiger partial charge < -0.3 is 9.84 Å². The largest absolute Gasteiger partial charge is 0.431 e. The lowest BCUT2D eigenvalue weighted by Gasteiger charge is -2.15. The Morgan fingerprint density at radius 3 is 2.38 bits per heavy atom. The maximum atomic E-state index is 11.8. The van der Waals surface area contributed by atoms with Gasteiger partial charge in [0.25, 0.3) is 5.69 Å². The SMILES string of the molecule is C[C@@H](/C=C/OC(=O)c1ccccc1)[C@H](O)c1ccc([N+](=O)[O-])cc1. The van der Waals surface area contributed by atoms with E-state index in [1.807, 2.05) is 0 Å². The third-order valence-electron chi connectivity index (χ3n) is 3.51. The van der Waals surface area contributed by atoms with Crippen LogP contribution in [0.5, 0.6) is 0 Å². The highest BCUT2D eigenvalue weighted by atomic mass is 16.6. The predicted octanol–water partition coefficient (Wildman–Crippen LogP) is 3.64. The van der Waals surface area contributed by atoms with Gasteiger partial charge in [0.15, 0.2) is 0 Å². The Labute approximate surface area is 139 Å².